The van der Waals surface area contributed by atoms with Gasteiger partial charge in [-0.1, -0.05) is 30.3 Å². The Hall–Kier alpha value is -2.17. The Morgan fingerprint density at radius 3 is 2.79 bits per heavy atom. The summed E-state index contributed by atoms with van der Waals surface area (Å²) in [6, 6.07) is 16.4. The lowest BCUT2D eigenvalue weighted by Crippen LogP contribution is -2.32. The highest BCUT2D eigenvalue weighted by atomic mass is 16.3. The van der Waals surface area contributed by atoms with E-state index in [-0.39, 0.29) is 12.4 Å². The van der Waals surface area contributed by atoms with E-state index in [4.69, 9.17) is 0 Å². The molecule has 0 saturated carbocycles. The van der Waals surface area contributed by atoms with E-state index < -0.39 is 0 Å². The van der Waals surface area contributed by atoms with Crippen LogP contribution in [0, 0.1) is 0 Å². The molecule has 126 valence electrons. The fraction of sp³-hybridized carbons (Fsp3) is 0.350. The number of benzene rings is 2. The lowest BCUT2D eigenvalue weighted by Gasteiger charge is -2.20. The molecule has 0 bridgehead atoms. The second-order valence-electron chi connectivity index (χ2n) is 6.46. The molecule has 1 unspecified atom stereocenters. The molecule has 1 aliphatic heterocycles. The number of nitrogens with one attached hydrogen (secondary N) is 1. The summed E-state index contributed by atoms with van der Waals surface area (Å²) in [6.07, 6.45) is 0.959. The first kappa shape index (κ1) is 16.7. The first-order chi connectivity index (χ1) is 11.7. The zero-order valence-electron chi connectivity index (χ0n) is 14.0. The summed E-state index contributed by atoms with van der Waals surface area (Å²) in [5.74, 6) is 0.0988. The van der Waals surface area contributed by atoms with E-state index >= 15 is 0 Å². The molecule has 2 aromatic carbocycles. The smallest absolute Gasteiger partial charge is 0.176 e. The molecule has 1 atom stereocenters. The fourth-order valence-electron chi connectivity index (χ4n) is 3.21. The predicted octanol–water partition coefficient (Wildman–Crippen LogP) is 2.72. The van der Waals surface area contributed by atoms with Crippen molar-refractivity contribution in [3.63, 3.8) is 0 Å². The van der Waals surface area contributed by atoms with Crippen LogP contribution in [0.15, 0.2) is 48.5 Å². The SMILES string of the molecule is CC1Cc2cc(C(=O)CN(CCO)Cc3ccccc3)ccc2N1. The number of carbonyl (C=O) groups is 1. The van der Waals surface area contributed by atoms with E-state index in [0.29, 0.717) is 25.7 Å². The van der Waals surface area contributed by atoms with Crippen LogP contribution in [0.1, 0.15) is 28.4 Å². The van der Waals surface area contributed by atoms with Gasteiger partial charge in [-0.3, -0.25) is 9.69 Å². The maximum atomic E-state index is 12.7. The summed E-state index contributed by atoms with van der Waals surface area (Å²) in [6.45, 7) is 3.66. The molecule has 1 aliphatic rings. The van der Waals surface area contributed by atoms with E-state index in [1.165, 1.54) is 5.56 Å². The maximum Gasteiger partial charge on any atom is 0.176 e. The molecule has 24 heavy (non-hydrogen) atoms. The van der Waals surface area contributed by atoms with Crippen LogP contribution in [-0.2, 0) is 13.0 Å². The first-order valence-electron chi connectivity index (χ1n) is 8.45. The highest BCUT2D eigenvalue weighted by Crippen LogP contribution is 2.26. The van der Waals surface area contributed by atoms with Gasteiger partial charge in [0.1, 0.15) is 0 Å². The number of aliphatic hydroxyl groups excluding tert-OH is 1. The van der Waals surface area contributed by atoms with Gasteiger partial charge in [-0.2, -0.15) is 0 Å². The van der Waals surface area contributed by atoms with E-state index in [0.717, 1.165) is 23.2 Å². The van der Waals surface area contributed by atoms with Crippen LogP contribution in [0.2, 0.25) is 0 Å². The van der Waals surface area contributed by atoms with Gasteiger partial charge in [0, 0.05) is 30.4 Å². The Bertz CT molecular complexity index is 700. The second kappa shape index (κ2) is 7.60. The van der Waals surface area contributed by atoms with Gasteiger partial charge >= 0.3 is 0 Å². The van der Waals surface area contributed by atoms with Gasteiger partial charge in [0.15, 0.2) is 5.78 Å². The molecule has 0 saturated heterocycles. The minimum absolute atomic E-state index is 0.0474. The van der Waals surface area contributed by atoms with Gasteiger partial charge in [0.25, 0.3) is 0 Å². The number of fused-ring (bicyclic) bond motifs is 1. The first-order valence-corrected chi connectivity index (χ1v) is 8.45. The van der Waals surface area contributed by atoms with Gasteiger partial charge in [0.2, 0.25) is 0 Å². The van der Waals surface area contributed by atoms with Crippen molar-refractivity contribution in [3.8, 4) is 0 Å². The van der Waals surface area contributed by atoms with E-state index in [1.807, 2.05) is 53.4 Å². The van der Waals surface area contributed by atoms with Crippen molar-refractivity contribution >= 4 is 11.5 Å². The minimum atomic E-state index is 0.0474. The molecule has 0 spiro atoms. The number of hydrogen-bond donors (Lipinski definition) is 2. The van der Waals surface area contributed by atoms with E-state index in [9.17, 15) is 9.90 Å². The van der Waals surface area contributed by atoms with Crippen molar-refractivity contribution in [1.82, 2.24) is 4.90 Å². The Labute approximate surface area is 143 Å². The number of anilines is 1. The van der Waals surface area contributed by atoms with Crippen LogP contribution in [0.4, 0.5) is 5.69 Å². The lowest BCUT2D eigenvalue weighted by molar-refractivity contribution is 0.0908. The summed E-state index contributed by atoms with van der Waals surface area (Å²) in [5.41, 5.74) is 4.24. The lowest BCUT2D eigenvalue weighted by atomic mass is 10.0. The Kier molecular flexibility index (Phi) is 5.28. The molecule has 4 heteroatoms. The van der Waals surface area contributed by atoms with Crippen LogP contribution >= 0.6 is 0 Å². The van der Waals surface area contributed by atoms with Gasteiger partial charge in [-0.25, -0.2) is 0 Å². The topological polar surface area (TPSA) is 52.6 Å². The molecule has 2 N–H and O–H groups in total. The van der Waals surface area contributed by atoms with Crippen molar-refractivity contribution in [2.24, 2.45) is 0 Å². The number of nitrogens with zero attached hydrogens (tertiary/aromatic N) is 1. The molecule has 1 heterocycles. The number of carbonyl (C=O) groups excluding carboxylic acids is 1. The van der Waals surface area contributed by atoms with Gasteiger partial charge < -0.3 is 10.4 Å². The molecule has 2 aromatic rings. The number of ketones is 1. The van der Waals surface area contributed by atoms with Gasteiger partial charge in [-0.05, 0) is 42.7 Å². The molecular formula is C20H24N2O2. The van der Waals surface area contributed by atoms with Crippen LogP contribution in [0.3, 0.4) is 0 Å². The van der Waals surface area contributed by atoms with Crippen LogP contribution in [0.5, 0.6) is 0 Å². The third-order valence-electron chi connectivity index (χ3n) is 4.39. The summed E-state index contributed by atoms with van der Waals surface area (Å²) in [5, 5.41) is 12.7. The highest BCUT2D eigenvalue weighted by Gasteiger charge is 2.19. The Morgan fingerprint density at radius 1 is 1.25 bits per heavy atom. The molecule has 0 radical (unpaired) electrons. The van der Waals surface area contributed by atoms with Crippen molar-refractivity contribution in [1.29, 1.82) is 0 Å². The second-order valence-corrected chi connectivity index (χ2v) is 6.46. The van der Waals surface area contributed by atoms with Crippen molar-refractivity contribution in [2.75, 3.05) is 25.0 Å². The van der Waals surface area contributed by atoms with Crippen LogP contribution in [-0.4, -0.2) is 41.5 Å². The van der Waals surface area contributed by atoms with Crippen molar-refractivity contribution in [3.05, 3.63) is 65.2 Å². The Morgan fingerprint density at radius 2 is 2.04 bits per heavy atom. The van der Waals surface area contributed by atoms with E-state index in [2.05, 4.69) is 12.2 Å². The summed E-state index contributed by atoms with van der Waals surface area (Å²) < 4.78 is 0. The quantitative estimate of drug-likeness (QED) is 0.769. The zero-order valence-corrected chi connectivity index (χ0v) is 14.0. The number of hydrogen-bond acceptors (Lipinski definition) is 4. The standard InChI is InChI=1S/C20H24N2O2/c1-15-11-18-12-17(7-8-19(18)21-15)20(24)14-22(9-10-23)13-16-5-3-2-4-6-16/h2-8,12,15,21,23H,9-11,13-14H2,1H3. The molecule has 0 amide bonds. The minimum Gasteiger partial charge on any atom is -0.395 e. The summed E-state index contributed by atoms with van der Waals surface area (Å²) in [4.78, 5) is 14.6. The normalized spacial score (nSPS) is 16.0. The van der Waals surface area contributed by atoms with E-state index in [1.54, 1.807) is 0 Å². The average molecular weight is 324 g/mol. The van der Waals surface area contributed by atoms with Crippen molar-refractivity contribution < 1.29 is 9.90 Å². The van der Waals surface area contributed by atoms with Gasteiger partial charge in [0.05, 0.1) is 13.2 Å². The fourth-order valence-corrected chi connectivity index (χ4v) is 3.21. The molecule has 0 fully saturated rings. The van der Waals surface area contributed by atoms with Gasteiger partial charge in [-0.15, -0.1) is 0 Å². The molecular weight excluding hydrogens is 300 g/mol. The van der Waals surface area contributed by atoms with Crippen LogP contribution in [0.25, 0.3) is 0 Å². The molecule has 0 aromatic heterocycles. The largest absolute Gasteiger partial charge is 0.395 e. The zero-order chi connectivity index (χ0) is 16.9. The third kappa shape index (κ3) is 4.02. The summed E-state index contributed by atoms with van der Waals surface area (Å²) in [7, 11) is 0. The number of aliphatic hydroxyl groups is 1. The summed E-state index contributed by atoms with van der Waals surface area (Å²) >= 11 is 0. The molecule has 0 aliphatic carbocycles. The maximum absolute atomic E-state index is 12.7. The number of rotatable bonds is 7. The molecule has 3 rings (SSSR count). The third-order valence-corrected chi connectivity index (χ3v) is 4.39. The van der Waals surface area contributed by atoms with Crippen molar-refractivity contribution in [2.45, 2.75) is 25.9 Å². The van der Waals surface area contributed by atoms with Crippen LogP contribution < -0.4 is 5.32 Å². The average Bonchev–Trinajstić information content (AvgIpc) is 2.95. The molecule has 4 nitrogen and oxygen atoms in total. The highest BCUT2D eigenvalue weighted by molar-refractivity contribution is 5.98. The monoisotopic (exact) mass is 324 g/mol. The predicted molar refractivity (Wildman–Crippen MR) is 96.4 cm³/mol. The Balaban J connectivity index is 1.68. The number of Topliss-reactive ketones (excluding diaryl/α,β-unsaturated/α-hetero) is 1.